The van der Waals surface area contributed by atoms with E-state index in [0.717, 1.165) is 17.4 Å². The predicted octanol–water partition coefficient (Wildman–Crippen LogP) is 4.01. The predicted molar refractivity (Wildman–Crippen MR) is 93.3 cm³/mol. The van der Waals surface area contributed by atoms with Crippen molar-refractivity contribution in [3.05, 3.63) is 70.2 Å². The number of likely N-dealkylation sites (N-methyl/N-ethyl adjacent to an activating group) is 1. The third-order valence-electron chi connectivity index (χ3n) is 3.79. The minimum absolute atomic E-state index is 0.0736. The van der Waals surface area contributed by atoms with Crippen molar-refractivity contribution in [1.82, 2.24) is 4.90 Å². The van der Waals surface area contributed by atoms with Crippen LogP contribution in [-0.2, 0) is 6.42 Å². The van der Waals surface area contributed by atoms with Gasteiger partial charge in [0, 0.05) is 17.1 Å². The average Bonchev–Trinajstić information content (AvgIpc) is 2.48. The summed E-state index contributed by atoms with van der Waals surface area (Å²) in [4.78, 5) is 2.35. The molecule has 3 heteroatoms. The molecule has 0 aliphatic rings. The molecule has 0 aromatic heterocycles. The van der Waals surface area contributed by atoms with Gasteiger partial charge in [-0.15, -0.1) is 0 Å². The van der Waals surface area contributed by atoms with Gasteiger partial charge in [0.2, 0.25) is 0 Å². The Kier molecular flexibility index (Phi) is 5.97. The van der Waals surface area contributed by atoms with Crippen LogP contribution in [0.5, 0.6) is 0 Å². The quantitative estimate of drug-likeness (QED) is 0.855. The Labute approximate surface area is 136 Å². The standard InChI is InChI=1S/C18H23BrN2/c1-14(20)18(16-10-6-7-11-17(16)19)21(2)13-12-15-8-4-3-5-9-15/h3-11,14,18H,12-13,20H2,1-2H3. The summed E-state index contributed by atoms with van der Waals surface area (Å²) >= 11 is 3.65. The van der Waals surface area contributed by atoms with E-state index in [-0.39, 0.29) is 12.1 Å². The van der Waals surface area contributed by atoms with Gasteiger partial charge >= 0.3 is 0 Å². The van der Waals surface area contributed by atoms with Crippen LogP contribution in [0.4, 0.5) is 0 Å². The van der Waals surface area contributed by atoms with E-state index in [9.17, 15) is 0 Å². The van der Waals surface area contributed by atoms with Crippen molar-refractivity contribution in [2.45, 2.75) is 25.4 Å². The smallest absolute Gasteiger partial charge is 0.0504 e. The molecule has 0 bridgehead atoms. The van der Waals surface area contributed by atoms with Crippen LogP contribution in [0.25, 0.3) is 0 Å². The van der Waals surface area contributed by atoms with E-state index in [4.69, 9.17) is 5.73 Å². The summed E-state index contributed by atoms with van der Waals surface area (Å²) in [5, 5.41) is 0. The molecular formula is C18H23BrN2. The molecule has 0 aliphatic carbocycles. The highest BCUT2D eigenvalue weighted by Gasteiger charge is 2.22. The monoisotopic (exact) mass is 346 g/mol. The molecular weight excluding hydrogens is 324 g/mol. The Morgan fingerprint density at radius 2 is 1.67 bits per heavy atom. The van der Waals surface area contributed by atoms with Gasteiger partial charge in [-0.25, -0.2) is 0 Å². The first kappa shape index (κ1) is 16.2. The number of nitrogens with two attached hydrogens (primary N) is 1. The van der Waals surface area contributed by atoms with E-state index in [1.54, 1.807) is 0 Å². The molecule has 0 saturated heterocycles. The largest absolute Gasteiger partial charge is 0.326 e. The van der Waals surface area contributed by atoms with Crippen molar-refractivity contribution >= 4 is 15.9 Å². The Bertz CT molecular complexity index is 554. The average molecular weight is 347 g/mol. The Morgan fingerprint density at radius 3 is 2.29 bits per heavy atom. The molecule has 2 unspecified atom stereocenters. The fraction of sp³-hybridized carbons (Fsp3) is 0.333. The van der Waals surface area contributed by atoms with Gasteiger partial charge in [-0.3, -0.25) is 4.90 Å². The van der Waals surface area contributed by atoms with Crippen LogP contribution >= 0.6 is 15.9 Å². The van der Waals surface area contributed by atoms with Gasteiger partial charge in [0.25, 0.3) is 0 Å². The van der Waals surface area contributed by atoms with Crippen molar-refractivity contribution < 1.29 is 0 Å². The van der Waals surface area contributed by atoms with E-state index < -0.39 is 0 Å². The lowest BCUT2D eigenvalue weighted by molar-refractivity contribution is 0.221. The molecule has 2 aromatic carbocycles. The third kappa shape index (κ3) is 4.40. The topological polar surface area (TPSA) is 29.3 Å². The first-order valence-electron chi connectivity index (χ1n) is 7.33. The van der Waals surface area contributed by atoms with E-state index in [0.29, 0.717) is 0 Å². The van der Waals surface area contributed by atoms with Gasteiger partial charge in [0.15, 0.2) is 0 Å². The van der Waals surface area contributed by atoms with Gasteiger partial charge < -0.3 is 5.73 Å². The van der Waals surface area contributed by atoms with Crippen LogP contribution < -0.4 is 5.73 Å². The SMILES string of the molecule is CC(N)C(c1ccccc1Br)N(C)CCc1ccccc1. The van der Waals surface area contributed by atoms with Crippen LogP contribution in [0.3, 0.4) is 0 Å². The summed E-state index contributed by atoms with van der Waals surface area (Å²) in [5.41, 5.74) is 8.86. The van der Waals surface area contributed by atoms with Crippen molar-refractivity contribution in [2.24, 2.45) is 5.73 Å². The van der Waals surface area contributed by atoms with Crippen LogP contribution in [0.15, 0.2) is 59.1 Å². The van der Waals surface area contributed by atoms with Crippen molar-refractivity contribution in [2.75, 3.05) is 13.6 Å². The maximum absolute atomic E-state index is 6.24. The molecule has 2 N–H and O–H groups in total. The summed E-state index contributed by atoms with van der Waals surface area (Å²) in [7, 11) is 2.15. The molecule has 0 aliphatic heterocycles. The fourth-order valence-corrected chi connectivity index (χ4v) is 3.25. The molecule has 0 spiro atoms. The second-order valence-electron chi connectivity index (χ2n) is 5.54. The lowest BCUT2D eigenvalue weighted by Gasteiger charge is -2.32. The van der Waals surface area contributed by atoms with Gasteiger partial charge in [0.05, 0.1) is 6.04 Å². The molecule has 0 radical (unpaired) electrons. The maximum Gasteiger partial charge on any atom is 0.0504 e. The van der Waals surface area contributed by atoms with Crippen molar-refractivity contribution in [3.8, 4) is 0 Å². The number of nitrogens with zero attached hydrogens (tertiary/aromatic N) is 1. The molecule has 2 rings (SSSR count). The molecule has 0 saturated carbocycles. The zero-order valence-corrected chi connectivity index (χ0v) is 14.3. The Morgan fingerprint density at radius 1 is 1.05 bits per heavy atom. The van der Waals surface area contributed by atoms with Crippen molar-refractivity contribution in [3.63, 3.8) is 0 Å². The first-order valence-corrected chi connectivity index (χ1v) is 8.13. The molecule has 2 atom stereocenters. The number of rotatable bonds is 6. The number of hydrogen-bond acceptors (Lipinski definition) is 2. The molecule has 112 valence electrons. The van der Waals surface area contributed by atoms with Crippen LogP contribution in [0.1, 0.15) is 24.1 Å². The number of hydrogen-bond donors (Lipinski definition) is 1. The van der Waals surface area contributed by atoms with Gasteiger partial charge in [-0.05, 0) is 37.6 Å². The zero-order valence-electron chi connectivity index (χ0n) is 12.7. The lowest BCUT2D eigenvalue weighted by atomic mass is 9.99. The highest BCUT2D eigenvalue weighted by Crippen LogP contribution is 2.29. The summed E-state index contributed by atoms with van der Waals surface area (Å²) in [5.74, 6) is 0. The van der Waals surface area contributed by atoms with Crippen LogP contribution in [-0.4, -0.2) is 24.5 Å². The van der Waals surface area contributed by atoms with Crippen molar-refractivity contribution in [1.29, 1.82) is 0 Å². The minimum Gasteiger partial charge on any atom is -0.326 e. The van der Waals surface area contributed by atoms with E-state index in [1.165, 1.54) is 11.1 Å². The molecule has 0 fully saturated rings. The van der Waals surface area contributed by atoms with Crippen LogP contribution in [0, 0.1) is 0 Å². The summed E-state index contributed by atoms with van der Waals surface area (Å²) in [6, 6.07) is 19.2. The summed E-state index contributed by atoms with van der Waals surface area (Å²) < 4.78 is 1.12. The fourth-order valence-electron chi connectivity index (χ4n) is 2.73. The Balaban J connectivity index is 2.10. The molecule has 21 heavy (non-hydrogen) atoms. The molecule has 0 amide bonds. The second-order valence-corrected chi connectivity index (χ2v) is 6.40. The second kappa shape index (κ2) is 7.74. The van der Waals surface area contributed by atoms with E-state index in [1.807, 2.05) is 6.07 Å². The third-order valence-corrected chi connectivity index (χ3v) is 4.51. The van der Waals surface area contributed by atoms with Gasteiger partial charge in [-0.2, -0.15) is 0 Å². The lowest BCUT2D eigenvalue weighted by Crippen LogP contribution is -2.38. The zero-order chi connectivity index (χ0) is 15.2. The number of halogens is 1. The Hall–Kier alpha value is -1.16. The van der Waals surface area contributed by atoms with Crippen LogP contribution in [0.2, 0.25) is 0 Å². The van der Waals surface area contributed by atoms with E-state index in [2.05, 4.69) is 83.3 Å². The molecule has 2 aromatic rings. The van der Waals surface area contributed by atoms with E-state index >= 15 is 0 Å². The maximum atomic E-state index is 6.24. The highest BCUT2D eigenvalue weighted by molar-refractivity contribution is 9.10. The molecule has 0 heterocycles. The van der Waals surface area contributed by atoms with Gasteiger partial charge in [0.1, 0.15) is 0 Å². The first-order chi connectivity index (χ1) is 10.1. The molecule has 2 nitrogen and oxygen atoms in total. The normalized spacial score (nSPS) is 14.1. The summed E-state index contributed by atoms with van der Waals surface area (Å²) in [6.45, 7) is 3.06. The minimum atomic E-state index is 0.0736. The van der Waals surface area contributed by atoms with Gasteiger partial charge in [-0.1, -0.05) is 64.5 Å². The summed E-state index contributed by atoms with van der Waals surface area (Å²) in [6.07, 6.45) is 1.03. The number of benzene rings is 2. The highest BCUT2D eigenvalue weighted by atomic mass is 79.9.